The van der Waals surface area contributed by atoms with Crippen LogP contribution >= 0.6 is 11.8 Å². The van der Waals surface area contributed by atoms with Crippen LogP contribution in [0.3, 0.4) is 0 Å². The van der Waals surface area contributed by atoms with Crippen LogP contribution in [0.4, 0.5) is 0 Å². The van der Waals surface area contributed by atoms with Crippen molar-refractivity contribution in [3.8, 4) is 11.5 Å². The molecule has 170 valence electrons. The molecule has 0 aliphatic rings. The lowest BCUT2D eigenvalue weighted by Gasteiger charge is -2.16. The largest absolute Gasteiger partial charge is 0.497 e. The molecule has 0 aliphatic carbocycles. The molecule has 0 saturated carbocycles. The summed E-state index contributed by atoms with van der Waals surface area (Å²) in [5.41, 5.74) is 1.87. The summed E-state index contributed by atoms with van der Waals surface area (Å²) in [6, 6.07) is 14.3. The number of hydrogen-bond acceptors (Lipinski definition) is 8. The standard InChI is InChI=1S/C24H23N3O5S/c1-30-15-8-9-20(31-2)17(12-15)19(28)13-27-23(29)22-18(14-33-24-25-10-5-11-26-24)16-6-3-4-7-21(16)32-22/h3-12,19,28H,13-14H2,1-2H3,(H,27,29). The molecule has 0 fully saturated rings. The molecule has 2 heterocycles. The average molecular weight is 466 g/mol. The van der Waals surface area contributed by atoms with E-state index in [0.29, 0.717) is 33.6 Å². The first-order chi connectivity index (χ1) is 16.1. The monoisotopic (exact) mass is 465 g/mol. The predicted molar refractivity (Wildman–Crippen MR) is 125 cm³/mol. The van der Waals surface area contributed by atoms with E-state index in [-0.39, 0.29) is 12.3 Å². The Bertz CT molecular complexity index is 1250. The van der Waals surface area contributed by atoms with Gasteiger partial charge in [-0.05, 0) is 30.3 Å². The molecule has 1 amide bonds. The third kappa shape index (κ3) is 5.10. The number of aliphatic hydroxyl groups excluding tert-OH is 1. The van der Waals surface area contributed by atoms with E-state index in [2.05, 4.69) is 15.3 Å². The third-order valence-corrected chi connectivity index (χ3v) is 5.95. The van der Waals surface area contributed by atoms with Gasteiger partial charge in [0.15, 0.2) is 10.9 Å². The molecule has 2 N–H and O–H groups in total. The van der Waals surface area contributed by atoms with Crippen molar-refractivity contribution in [2.45, 2.75) is 17.0 Å². The summed E-state index contributed by atoms with van der Waals surface area (Å²) in [6.45, 7) is -0.0339. The van der Waals surface area contributed by atoms with E-state index in [4.69, 9.17) is 13.9 Å². The zero-order chi connectivity index (χ0) is 23.2. The van der Waals surface area contributed by atoms with Crippen molar-refractivity contribution in [1.82, 2.24) is 15.3 Å². The number of amides is 1. The Balaban J connectivity index is 1.53. The Kier molecular flexibility index (Phi) is 7.11. The number of hydrogen-bond donors (Lipinski definition) is 2. The molecule has 33 heavy (non-hydrogen) atoms. The number of benzene rings is 2. The van der Waals surface area contributed by atoms with Crippen LogP contribution in [-0.2, 0) is 5.75 Å². The van der Waals surface area contributed by atoms with Crippen molar-refractivity contribution < 1.29 is 23.8 Å². The number of furan rings is 1. The van der Waals surface area contributed by atoms with E-state index in [0.717, 1.165) is 10.9 Å². The van der Waals surface area contributed by atoms with Crippen LogP contribution < -0.4 is 14.8 Å². The fourth-order valence-corrected chi connectivity index (χ4v) is 4.23. The van der Waals surface area contributed by atoms with Crippen LogP contribution in [0.2, 0.25) is 0 Å². The minimum Gasteiger partial charge on any atom is -0.497 e. The van der Waals surface area contributed by atoms with Gasteiger partial charge in [0, 0.05) is 41.2 Å². The number of para-hydroxylation sites is 1. The SMILES string of the molecule is COc1ccc(OC)c(C(O)CNC(=O)c2oc3ccccc3c2CSc2ncccn2)c1. The Morgan fingerprint density at radius 2 is 1.91 bits per heavy atom. The molecule has 2 aromatic carbocycles. The third-order valence-electron chi connectivity index (χ3n) is 5.04. The summed E-state index contributed by atoms with van der Waals surface area (Å²) in [4.78, 5) is 21.5. The number of methoxy groups -OCH3 is 2. The lowest BCUT2D eigenvalue weighted by atomic mass is 10.1. The van der Waals surface area contributed by atoms with Gasteiger partial charge in [0.2, 0.25) is 0 Å². The molecular formula is C24H23N3O5S. The average Bonchev–Trinajstić information content (AvgIpc) is 3.24. The van der Waals surface area contributed by atoms with Crippen molar-refractivity contribution in [3.63, 3.8) is 0 Å². The first-order valence-electron chi connectivity index (χ1n) is 10.2. The molecule has 0 spiro atoms. The maximum atomic E-state index is 13.0. The summed E-state index contributed by atoms with van der Waals surface area (Å²) in [7, 11) is 3.06. The molecule has 2 aromatic heterocycles. The van der Waals surface area contributed by atoms with E-state index < -0.39 is 12.0 Å². The van der Waals surface area contributed by atoms with Gasteiger partial charge in [0.25, 0.3) is 5.91 Å². The highest BCUT2D eigenvalue weighted by atomic mass is 32.2. The number of carbonyl (C=O) groups excluding carboxylic acids is 1. The second-order valence-electron chi connectivity index (χ2n) is 7.06. The number of nitrogens with one attached hydrogen (secondary N) is 1. The minimum atomic E-state index is -1.00. The number of carbonyl (C=O) groups is 1. The second kappa shape index (κ2) is 10.4. The molecule has 1 atom stereocenters. The van der Waals surface area contributed by atoms with E-state index in [1.165, 1.54) is 18.9 Å². The molecule has 8 nitrogen and oxygen atoms in total. The minimum absolute atomic E-state index is 0.0339. The van der Waals surface area contributed by atoms with Gasteiger partial charge >= 0.3 is 0 Å². The van der Waals surface area contributed by atoms with Gasteiger partial charge in [0.1, 0.15) is 23.2 Å². The number of fused-ring (bicyclic) bond motifs is 1. The molecule has 4 aromatic rings. The number of aliphatic hydroxyl groups is 1. The summed E-state index contributed by atoms with van der Waals surface area (Å²) in [5.74, 6) is 1.31. The van der Waals surface area contributed by atoms with Crippen molar-refractivity contribution in [2.75, 3.05) is 20.8 Å². The Morgan fingerprint density at radius 3 is 2.67 bits per heavy atom. The molecule has 9 heteroatoms. The number of nitrogens with zero attached hydrogens (tertiary/aromatic N) is 2. The Labute approximate surface area is 195 Å². The first-order valence-corrected chi connectivity index (χ1v) is 11.2. The van der Waals surface area contributed by atoms with Crippen LogP contribution in [0, 0.1) is 0 Å². The highest BCUT2D eigenvalue weighted by molar-refractivity contribution is 7.98. The number of rotatable bonds is 9. The van der Waals surface area contributed by atoms with Crippen molar-refractivity contribution in [2.24, 2.45) is 0 Å². The summed E-state index contributed by atoms with van der Waals surface area (Å²) >= 11 is 1.41. The number of ether oxygens (including phenoxy) is 2. The molecule has 0 aliphatic heterocycles. The van der Waals surface area contributed by atoms with Gasteiger partial charge in [-0.15, -0.1) is 0 Å². The van der Waals surface area contributed by atoms with Gasteiger partial charge in [-0.1, -0.05) is 30.0 Å². The summed E-state index contributed by atoms with van der Waals surface area (Å²) in [6.07, 6.45) is 2.34. The molecule has 1 unspecified atom stereocenters. The smallest absolute Gasteiger partial charge is 0.287 e. The lowest BCUT2D eigenvalue weighted by molar-refractivity contribution is 0.0888. The van der Waals surface area contributed by atoms with Gasteiger partial charge in [-0.3, -0.25) is 4.79 Å². The van der Waals surface area contributed by atoms with Gasteiger partial charge in [-0.2, -0.15) is 0 Å². The molecule has 0 saturated heterocycles. The first kappa shape index (κ1) is 22.6. The zero-order valence-electron chi connectivity index (χ0n) is 18.1. The van der Waals surface area contributed by atoms with Gasteiger partial charge < -0.3 is 24.3 Å². The Hall–Kier alpha value is -3.56. The molecular weight excluding hydrogens is 442 g/mol. The molecule has 0 bridgehead atoms. The van der Waals surface area contributed by atoms with Crippen LogP contribution in [0.1, 0.15) is 27.8 Å². The maximum absolute atomic E-state index is 13.0. The quantitative estimate of drug-likeness (QED) is 0.282. The van der Waals surface area contributed by atoms with Crippen LogP contribution in [-0.4, -0.2) is 41.7 Å². The topological polar surface area (TPSA) is 107 Å². The van der Waals surface area contributed by atoms with E-state index in [9.17, 15) is 9.90 Å². The van der Waals surface area contributed by atoms with E-state index in [1.807, 2.05) is 24.3 Å². The van der Waals surface area contributed by atoms with Crippen molar-refractivity contribution in [3.05, 3.63) is 77.8 Å². The highest BCUT2D eigenvalue weighted by Crippen LogP contribution is 2.32. The second-order valence-corrected chi connectivity index (χ2v) is 8.00. The van der Waals surface area contributed by atoms with Crippen molar-refractivity contribution in [1.29, 1.82) is 0 Å². The highest BCUT2D eigenvalue weighted by Gasteiger charge is 2.22. The van der Waals surface area contributed by atoms with E-state index in [1.54, 1.807) is 43.8 Å². The number of aromatic nitrogens is 2. The number of thioether (sulfide) groups is 1. The maximum Gasteiger partial charge on any atom is 0.287 e. The van der Waals surface area contributed by atoms with Gasteiger partial charge in [-0.25, -0.2) is 9.97 Å². The zero-order valence-corrected chi connectivity index (χ0v) is 19.0. The van der Waals surface area contributed by atoms with Crippen LogP contribution in [0.15, 0.2) is 70.5 Å². The van der Waals surface area contributed by atoms with Crippen LogP contribution in [0.5, 0.6) is 11.5 Å². The molecule has 4 rings (SSSR count). The van der Waals surface area contributed by atoms with E-state index >= 15 is 0 Å². The summed E-state index contributed by atoms with van der Waals surface area (Å²) in [5, 5.41) is 14.9. The molecule has 0 radical (unpaired) electrons. The van der Waals surface area contributed by atoms with Crippen molar-refractivity contribution >= 4 is 28.6 Å². The van der Waals surface area contributed by atoms with Gasteiger partial charge in [0.05, 0.1) is 14.2 Å². The normalized spacial score (nSPS) is 11.8. The summed E-state index contributed by atoms with van der Waals surface area (Å²) < 4.78 is 16.4. The fraction of sp³-hybridized carbons (Fsp3) is 0.208. The lowest BCUT2D eigenvalue weighted by Crippen LogP contribution is -2.28. The Morgan fingerprint density at radius 1 is 1.12 bits per heavy atom. The fourth-order valence-electron chi connectivity index (χ4n) is 3.40. The predicted octanol–water partition coefficient (Wildman–Crippen LogP) is 4.00. The van der Waals surface area contributed by atoms with Crippen LogP contribution in [0.25, 0.3) is 11.0 Å².